The fourth-order valence-corrected chi connectivity index (χ4v) is 2.99. The van der Waals surface area contributed by atoms with Crippen molar-refractivity contribution >= 4 is 5.69 Å². The third-order valence-electron chi connectivity index (χ3n) is 4.08. The van der Waals surface area contributed by atoms with Crippen molar-refractivity contribution in [2.75, 3.05) is 18.0 Å². The second-order valence-electron chi connectivity index (χ2n) is 5.41. The molecule has 2 heterocycles. The Labute approximate surface area is 110 Å². The molecule has 2 rings (SSSR count). The maximum atomic E-state index is 5.91. The Morgan fingerprint density at radius 2 is 2.22 bits per heavy atom. The van der Waals surface area contributed by atoms with Gasteiger partial charge in [-0.25, -0.2) is 0 Å². The van der Waals surface area contributed by atoms with E-state index in [0.717, 1.165) is 23.9 Å². The molecule has 0 radical (unpaired) electrons. The Hall–Kier alpha value is -1.09. The summed E-state index contributed by atoms with van der Waals surface area (Å²) in [5.41, 5.74) is 10.6. The summed E-state index contributed by atoms with van der Waals surface area (Å²) >= 11 is 0. The van der Waals surface area contributed by atoms with Gasteiger partial charge in [0, 0.05) is 42.3 Å². The third-order valence-corrected chi connectivity index (χ3v) is 4.08. The normalized spacial score (nSPS) is 20.2. The van der Waals surface area contributed by atoms with E-state index in [1.807, 2.05) is 0 Å². The van der Waals surface area contributed by atoms with Gasteiger partial charge in [0.15, 0.2) is 0 Å². The highest BCUT2D eigenvalue weighted by Crippen LogP contribution is 2.29. The van der Waals surface area contributed by atoms with Crippen molar-refractivity contribution < 1.29 is 0 Å². The number of anilines is 1. The summed E-state index contributed by atoms with van der Waals surface area (Å²) in [5.74, 6) is 0.832. The molecule has 0 aliphatic carbocycles. The van der Waals surface area contributed by atoms with Crippen LogP contribution in [0.2, 0.25) is 0 Å². The number of aryl methyl sites for hydroxylation is 2. The summed E-state index contributed by atoms with van der Waals surface area (Å²) in [7, 11) is 0. The molecule has 1 aliphatic heterocycles. The average molecular weight is 247 g/mol. The maximum absolute atomic E-state index is 5.91. The minimum absolute atomic E-state index is 0.585. The molecule has 0 bridgehead atoms. The van der Waals surface area contributed by atoms with Crippen LogP contribution in [0.1, 0.15) is 43.1 Å². The van der Waals surface area contributed by atoms with Gasteiger partial charge in [-0.15, -0.1) is 0 Å². The van der Waals surface area contributed by atoms with E-state index in [4.69, 9.17) is 5.73 Å². The lowest BCUT2D eigenvalue weighted by atomic mass is 9.94. The molecule has 1 aromatic heterocycles. The first kappa shape index (κ1) is 13.3. The van der Waals surface area contributed by atoms with Gasteiger partial charge in [0.1, 0.15) is 0 Å². The van der Waals surface area contributed by atoms with Crippen LogP contribution in [0.15, 0.2) is 6.07 Å². The first-order valence-corrected chi connectivity index (χ1v) is 7.07. The van der Waals surface area contributed by atoms with Crippen LogP contribution in [-0.4, -0.2) is 18.1 Å². The molecule has 1 aliphatic rings. The lowest BCUT2D eigenvalue weighted by molar-refractivity contribution is 0.404. The van der Waals surface area contributed by atoms with Crippen molar-refractivity contribution in [3.8, 4) is 0 Å². The average Bonchev–Trinajstić information content (AvgIpc) is 2.38. The van der Waals surface area contributed by atoms with Crippen LogP contribution < -0.4 is 10.6 Å². The number of pyridine rings is 1. The smallest absolute Gasteiger partial charge is 0.0448 e. The highest BCUT2D eigenvalue weighted by Gasteiger charge is 2.21. The molecule has 0 aromatic carbocycles. The quantitative estimate of drug-likeness (QED) is 0.893. The second kappa shape index (κ2) is 5.70. The van der Waals surface area contributed by atoms with Crippen molar-refractivity contribution in [3.05, 3.63) is 23.0 Å². The molecule has 3 heteroatoms. The molecular weight excluding hydrogens is 222 g/mol. The number of piperidine rings is 1. The van der Waals surface area contributed by atoms with Crippen molar-refractivity contribution in [1.29, 1.82) is 0 Å². The predicted octanol–water partition coefficient (Wildman–Crippen LogP) is 2.78. The van der Waals surface area contributed by atoms with Crippen LogP contribution in [0.5, 0.6) is 0 Å². The minimum atomic E-state index is 0.585. The summed E-state index contributed by atoms with van der Waals surface area (Å²) < 4.78 is 0. The van der Waals surface area contributed by atoms with Gasteiger partial charge >= 0.3 is 0 Å². The zero-order valence-electron chi connectivity index (χ0n) is 11.9. The fraction of sp³-hybridized carbons (Fsp3) is 0.667. The molecule has 3 nitrogen and oxygen atoms in total. The predicted molar refractivity (Wildman–Crippen MR) is 76.8 cm³/mol. The number of rotatable bonds is 3. The van der Waals surface area contributed by atoms with Crippen LogP contribution in [0, 0.1) is 19.8 Å². The third kappa shape index (κ3) is 2.66. The van der Waals surface area contributed by atoms with E-state index in [1.54, 1.807) is 0 Å². The van der Waals surface area contributed by atoms with E-state index in [1.165, 1.54) is 37.1 Å². The van der Waals surface area contributed by atoms with Crippen LogP contribution in [0.4, 0.5) is 5.69 Å². The summed E-state index contributed by atoms with van der Waals surface area (Å²) in [6.07, 6.45) is 3.94. The highest BCUT2D eigenvalue weighted by atomic mass is 15.1. The Balaban J connectivity index is 2.31. The van der Waals surface area contributed by atoms with Crippen LogP contribution in [0.3, 0.4) is 0 Å². The van der Waals surface area contributed by atoms with E-state index in [2.05, 4.69) is 36.7 Å². The van der Waals surface area contributed by atoms with Gasteiger partial charge < -0.3 is 10.6 Å². The van der Waals surface area contributed by atoms with E-state index >= 15 is 0 Å². The van der Waals surface area contributed by atoms with Crippen molar-refractivity contribution in [3.63, 3.8) is 0 Å². The minimum Gasteiger partial charge on any atom is -0.371 e. The van der Waals surface area contributed by atoms with E-state index in [-0.39, 0.29) is 0 Å². The molecule has 0 amide bonds. The van der Waals surface area contributed by atoms with Gasteiger partial charge in [-0.2, -0.15) is 0 Å². The first-order valence-electron chi connectivity index (χ1n) is 7.07. The largest absolute Gasteiger partial charge is 0.371 e. The molecule has 1 saturated heterocycles. The molecule has 18 heavy (non-hydrogen) atoms. The summed E-state index contributed by atoms with van der Waals surface area (Å²) in [6, 6.07) is 2.20. The fourth-order valence-electron chi connectivity index (χ4n) is 2.99. The molecule has 100 valence electrons. The Bertz CT molecular complexity index is 414. The van der Waals surface area contributed by atoms with E-state index in [9.17, 15) is 0 Å². The molecule has 1 fully saturated rings. The molecule has 2 N–H and O–H groups in total. The van der Waals surface area contributed by atoms with Crippen LogP contribution >= 0.6 is 0 Å². The van der Waals surface area contributed by atoms with E-state index < -0.39 is 0 Å². The first-order chi connectivity index (χ1) is 8.65. The van der Waals surface area contributed by atoms with Gasteiger partial charge in [-0.3, -0.25) is 4.98 Å². The second-order valence-corrected chi connectivity index (χ2v) is 5.41. The topological polar surface area (TPSA) is 42.2 Å². The lowest BCUT2D eigenvalue weighted by Gasteiger charge is -2.35. The van der Waals surface area contributed by atoms with Crippen molar-refractivity contribution in [2.45, 2.75) is 46.6 Å². The molecule has 0 spiro atoms. The Kier molecular flexibility index (Phi) is 4.23. The lowest BCUT2D eigenvalue weighted by Crippen LogP contribution is -2.36. The highest BCUT2D eigenvalue weighted by molar-refractivity contribution is 5.56. The maximum Gasteiger partial charge on any atom is 0.0448 e. The molecule has 1 aromatic rings. The number of nitrogens with zero attached hydrogens (tertiary/aromatic N) is 2. The Morgan fingerprint density at radius 3 is 2.89 bits per heavy atom. The van der Waals surface area contributed by atoms with Gasteiger partial charge in [-0.05, 0) is 38.7 Å². The van der Waals surface area contributed by atoms with Crippen LogP contribution in [0.25, 0.3) is 0 Å². The number of nitrogens with two attached hydrogens (primary N) is 1. The molecule has 0 saturated carbocycles. The van der Waals surface area contributed by atoms with Gasteiger partial charge in [0.25, 0.3) is 0 Å². The number of hydrogen-bond acceptors (Lipinski definition) is 3. The molecular formula is C15H25N3. The van der Waals surface area contributed by atoms with Crippen molar-refractivity contribution in [1.82, 2.24) is 4.98 Å². The Morgan fingerprint density at radius 1 is 1.44 bits per heavy atom. The van der Waals surface area contributed by atoms with Crippen molar-refractivity contribution in [2.24, 2.45) is 11.7 Å². The zero-order valence-corrected chi connectivity index (χ0v) is 11.9. The summed E-state index contributed by atoms with van der Waals surface area (Å²) in [6.45, 7) is 9.35. The monoisotopic (exact) mass is 247 g/mol. The van der Waals surface area contributed by atoms with Gasteiger partial charge in [0.05, 0.1) is 0 Å². The SMILES string of the molecule is CCC1CCCN(c2cc(C)nc(C)c2CN)C1. The van der Waals surface area contributed by atoms with Crippen LogP contribution in [-0.2, 0) is 6.54 Å². The summed E-state index contributed by atoms with van der Waals surface area (Å²) in [4.78, 5) is 7.05. The number of aromatic nitrogens is 1. The standard InChI is InChI=1S/C15H25N3/c1-4-13-6-5-7-18(10-13)15-8-11(2)17-12(3)14(15)9-16/h8,13H,4-7,9-10,16H2,1-3H3. The summed E-state index contributed by atoms with van der Waals surface area (Å²) in [5, 5.41) is 0. The van der Waals surface area contributed by atoms with Gasteiger partial charge in [-0.1, -0.05) is 13.3 Å². The van der Waals surface area contributed by atoms with E-state index in [0.29, 0.717) is 6.54 Å². The molecule has 1 unspecified atom stereocenters. The van der Waals surface area contributed by atoms with Gasteiger partial charge in [0.2, 0.25) is 0 Å². The molecule has 1 atom stereocenters. The zero-order chi connectivity index (χ0) is 13.1. The number of hydrogen-bond donors (Lipinski definition) is 1.